The summed E-state index contributed by atoms with van der Waals surface area (Å²) < 4.78 is 10.0. The van der Waals surface area contributed by atoms with Crippen molar-refractivity contribution in [2.45, 2.75) is 6.61 Å². The second-order valence-corrected chi connectivity index (χ2v) is 6.25. The second-order valence-electron chi connectivity index (χ2n) is 4.44. The van der Waals surface area contributed by atoms with Gasteiger partial charge in [0, 0.05) is 5.38 Å². The highest BCUT2D eigenvalue weighted by Gasteiger charge is 2.12. The molecule has 0 unspecified atom stereocenters. The fraction of sp³-hybridized carbons (Fsp3) is 0.133. The van der Waals surface area contributed by atoms with E-state index in [-0.39, 0.29) is 18.9 Å². The normalized spacial score (nSPS) is 10.4. The van der Waals surface area contributed by atoms with Gasteiger partial charge in [-0.3, -0.25) is 9.59 Å². The van der Waals surface area contributed by atoms with Crippen LogP contribution in [0.1, 0.15) is 16.2 Å². The number of aromatic nitrogens is 1. The minimum Gasteiger partial charge on any atom is -0.459 e. The van der Waals surface area contributed by atoms with Crippen LogP contribution in [0, 0.1) is 0 Å². The first kappa shape index (κ1) is 15.4. The zero-order chi connectivity index (χ0) is 16.1. The lowest BCUT2D eigenvalue weighted by molar-refractivity contribution is -0.143. The Kier molecular flexibility index (Phi) is 4.84. The van der Waals surface area contributed by atoms with E-state index in [1.807, 2.05) is 22.9 Å². The van der Waals surface area contributed by atoms with Crippen LogP contribution in [0.25, 0.3) is 9.88 Å². The van der Waals surface area contributed by atoms with Crippen molar-refractivity contribution in [1.82, 2.24) is 10.3 Å². The summed E-state index contributed by atoms with van der Waals surface area (Å²) in [6.07, 6.45) is 1.39. The van der Waals surface area contributed by atoms with Crippen molar-refractivity contribution < 1.29 is 18.7 Å². The van der Waals surface area contributed by atoms with Crippen molar-refractivity contribution >= 4 is 34.6 Å². The first-order valence-corrected chi connectivity index (χ1v) is 8.44. The van der Waals surface area contributed by atoms with E-state index >= 15 is 0 Å². The van der Waals surface area contributed by atoms with Gasteiger partial charge in [-0.15, -0.1) is 22.7 Å². The summed E-state index contributed by atoms with van der Waals surface area (Å²) in [5.74, 6) is -0.839. The van der Waals surface area contributed by atoms with E-state index in [0.29, 0.717) is 5.69 Å². The number of nitrogens with one attached hydrogen (secondary N) is 1. The van der Waals surface area contributed by atoms with E-state index in [2.05, 4.69) is 10.3 Å². The molecule has 0 saturated carbocycles. The van der Waals surface area contributed by atoms with Crippen LogP contribution in [0.4, 0.5) is 0 Å². The number of amides is 1. The first-order chi connectivity index (χ1) is 11.2. The van der Waals surface area contributed by atoms with E-state index in [0.717, 1.165) is 9.88 Å². The maximum atomic E-state index is 11.6. The van der Waals surface area contributed by atoms with Gasteiger partial charge in [-0.05, 0) is 23.6 Å². The van der Waals surface area contributed by atoms with Crippen molar-refractivity contribution in [3.8, 4) is 9.88 Å². The smallest absolute Gasteiger partial charge is 0.325 e. The maximum absolute atomic E-state index is 11.6. The third kappa shape index (κ3) is 4.05. The number of hydrogen-bond donors (Lipinski definition) is 1. The van der Waals surface area contributed by atoms with Crippen molar-refractivity contribution in [2.75, 3.05) is 6.54 Å². The molecule has 0 spiro atoms. The Morgan fingerprint density at radius 2 is 2.17 bits per heavy atom. The van der Waals surface area contributed by atoms with Gasteiger partial charge in [0.15, 0.2) is 5.76 Å². The number of furan rings is 1. The summed E-state index contributed by atoms with van der Waals surface area (Å²) in [6, 6.07) is 7.06. The number of carbonyl (C=O) groups excluding carboxylic acids is 2. The van der Waals surface area contributed by atoms with Crippen LogP contribution in [0.5, 0.6) is 0 Å². The molecule has 3 rings (SSSR count). The lowest BCUT2D eigenvalue weighted by atomic mass is 10.4. The lowest BCUT2D eigenvalue weighted by Crippen LogP contribution is -2.30. The standard InChI is InChI=1S/C15H12N2O4S2/c18-13(7-16-14(19)11-3-1-5-20-11)21-8-10-9-23-15(17-10)12-4-2-6-22-12/h1-6,9H,7-8H2,(H,16,19). The fourth-order valence-electron chi connectivity index (χ4n) is 1.74. The highest BCUT2D eigenvalue weighted by Crippen LogP contribution is 2.27. The van der Waals surface area contributed by atoms with Gasteiger partial charge in [0.1, 0.15) is 18.2 Å². The molecule has 23 heavy (non-hydrogen) atoms. The minimum atomic E-state index is -0.532. The maximum Gasteiger partial charge on any atom is 0.325 e. The van der Waals surface area contributed by atoms with Crippen LogP contribution in [0.2, 0.25) is 0 Å². The number of nitrogens with zero attached hydrogens (tertiary/aromatic N) is 1. The zero-order valence-corrected chi connectivity index (χ0v) is 13.5. The molecule has 0 atom stereocenters. The van der Waals surface area contributed by atoms with Gasteiger partial charge < -0.3 is 14.5 Å². The number of hydrogen-bond acceptors (Lipinski definition) is 7. The summed E-state index contributed by atoms with van der Waals surface area (Å²) in [4.78, 5) is 28.7. The molecule has 6 nitrogen and oxygen atoms in total. The zero-order valence-electron chi connectivity index (χ0n) is 11.9. The number of carbonyl (C=O) groups is 2. The number of thiophene rings is 1. The quantitative estimate of drug-likeness (QED) is 0.693. The van der Waals surface area contributed by atoms with Crippen LogP contribution in [-0.2, 0) is 16.1 Å². The van der Waals surface area contributed by atoms with Crippen molar-refractivity contribution in [3.63, 3.8) is 0 Å². The van der Waals surface area contributed by atoms with Crippen LogP contribution in [0.15, 0.2) is 45.7 Å². The molecule has 0 saturated heterocycles. The van der Waals surface area contributed by atoms with Crippen molar-refractivity contribution in [3.05, 3.63) is 52.7 Å². The predicted octanol–water partition coefficient (Wildman–Crippen LogP) is 2.94. The molecule has 3 heterocycles. The molecule has 8 heteroatoms. The van der Waals surface area contributed by atoms with E-state index in [9.17, 15) is 9.59 Å². The SMILES string of the molecule is O=C(CNC(=O)c1ccco1)OCc1csc(-c2cccs2)n1. The Morgan fingerprint density at radius 1 is 1.26 bits per heavy atom. The van der Waals surface area contributed by atoms with Gasteiger partial charge in [-0.25, -0.2) is 4.98 Å². The third-order valence-electron chi connectivity index (χ3n) is 2.80. The molecule has 0 aliphatic heterocycles. The molecule has 1 N–H and O–H groups in total. The van der Waals surface area contributed by atoms with Gasteiger partial charge in [0.25, 0.3) is 5.91 Å². The van der Waals surface area contributed by atoms with E-state index in [1.165, 1.54) is 23.7 Å². The molecular weight excluding hydrogens is 336 g/mol. The number of ether oxygens (including phenoxy) is 1. The molecule has 0 bridgehead atoms. The number of rotatable bonds is 6. The van der Waals surface area contributed by atoms with E-state index in [4.69, 9.17) is 9.15 Å². The first-order valence-electron chi connectivity index (χ1n) is 6.68. The third-order valence-corrected chi connectivity index (χ3v) is 4.73. The summed E-state index contributed by atoms with van der Waals surface area (Å²) in [5.41, 5.74) is 0.684. The van der Waals surface area contributed by atoms with Gasteiger partial charge >= 0.3 is 5.97 Å². The summed E-state index contributed by atoms with van der Waals surface area (Å²) in [6.45, 7) is -0.140. The van der Waals surface area contributed by atoms with Gasteiger partial charge in [0.2, 0.25) is 0 Å². The average molecular weight is 348 g/mol. The molecule has 0 radical (unpaired) electrons. The molecular formula is C15H12N2O4S2. The molecule has 3 aromatic heterocycles. The van der Waals surface area contributed by atoms with Gasteiger partial charge in [-0.2, -0.15) is 0 Å². The van der Waals surface area contributed by atoms with Crippen LogP contribution in [-0.4, -0.2) is 23.4 Å². The van der Waals surface area contributed by atoms with Gasteiger partial charge in [-0.1, -0.05) is 6.07 Å². The van der Waals surface area contributed by atoms with Crippen molar-refractivity contribution in [1.29, 1.82) is 0 Å². The van der Waals surface area contributed by atoms with Crippen LogP contribution >= 0.6 is 22.7 Å². The summed E-state index contributed by atoms with van der Waals surface area (Å²) in [7, 11) is 0. The molecule has 118 valence electrons. The van der Waals surface area contributed by atoms with Crippen LogP contribution in [0.3, 0.4) is 0 Å². The molecule has 0 fully saturated rings. The van der Waals surface area contributed by atoms with Crippen molar-refractivity contribution in [2.24, 2.45) is 0 Å². The van der Waals surface area contributed by atoms with Crippen LogP contribution < -0.4 is 5.32 Å². The number of esters is 1. The molecule has 1 amide bonds. The Labute approximate surface area is 139 Å². The highest BCUT2D eigenvalue weighted by molar-refractivity contribution is 7.20. The minimum absolute atomic E-state index is 0.0807. The number of thiazole rings is 1. The Hall–Kier alpha value is -2.45. The Morgan fingerprint density at radius 3 is 2.91 bits per heavy atom. The molecule has 3 aromatic rings. The largest absolute Gasteiger partial charge is 0.459 e. The van der Waals surface area contributed by atoms with Gasteiger partial charge in [0.05, 0.1) is 16.8 Å². The molecule has 0 aromatic carbocycles. The monoisotopic (exact) mass is 348 g/mol. The molecule has 0 aliphatic rings. The second kappa shape index (κ2) is 7.21. The Bertz CT molecular complexity index is 778. The molecule has 0 aliphatic carbocycles. The highest BCUT2D eigenvalue weighted by atomic mass is 32.1. The topological polar surface area (TPSA) is 81.4 Å². The predicted molar refractivity (Wildman–Crippen MR) is 86.3 cm³/mol. The Balaban J connectivity index is 1.45. The average Bonchev–Trinajstić information content (AvgIpc) is 3.32. The summed E-state index contributed by atoms with van der Waals surface area (Å²) in [5, 5.41) is 7.16. The fourth-order valence-corrected chi connectivity index (χ4v) is 3.36. The van der Waals surface area contributed by atoms with E-state index in [1.54, 1.807) is 17.4 Å². The van der Waals surface area contributed by atoms with E-state index < -0.39 is 11.9 Å². The lowest BCUT2D eigenvalue weighted by Gasteiger charge is -2.04. The summed E-state index contributed by atoms with van der Waals surface area (Å²) >= 11 is 3.11.